The maximum Gasteiger partial charge on any atom is 0.307 e. The summed E-state index contributed by atoms with van der Waals surface area (Å²) >= 11 is 5.61. The first kappa shape index (κ1) is 12.8. The summed E-state index contributed by atoms with van der Waals surface area (Å²) in [7, 11) is 0. The normalized spacial score (nSPS) is 16.7. The standard InChI is InChI=1S/C10H19ClO2/c1-7(5-10(2,3)4)8(6-11)9(12)13/h7-8H,5-6H2,1-4H3,(H,12,13). The monoisotopic (exact) mass is 206 g/mol. The summed E-state index contributed by atoms with van der Waals surface area (Å²) in [6, 6.07) is 0. The fraction of sp³-hybridized carbons (Fsp3) is 0.900. The average Bonchev–Trinajstić information content (AvgIpc) is 1.82. The minimum atomic E-state index is -0.785. The molecule has 0 rings (SSSR count). The molecule has 3 heteroatoms. The highest BCUT2D eigenvalue weighted by Crippen LogP contribution is 2.29. The number of hydrogen-bond acceptors (Lipinski definition) is 1. The quantitative estimate of drug-likeness (QED) is 0.719. The third kappa shape index (κ3) is 5.14. The molecular formula is C10H19ClO2. The molecule has 78 valence electrons. The molecule has 2 nitrogen and oxygen atoms in total. The van der Waals surface area contributed by atoms with Crippen LogP contribution in [0.5, 0.6) is 0 Å². The summed E-state index contributed by atoms with van der Waals surface area (Å²) in [4.78, 5) is 10.8. The van der Waals surface area contributed by atoms with Crippen molar-refractivity contribution in [1.82, 2.24) is 0 Å². The Morgan fingerprint density at radius 2 is 1.92 bits per heavy atom. The van der Waals surface area contributed by atoms with Crippen LogP contribution >= 0.6 is 11.6 Å². The molecule has 0 fully saturated rings. The Morgan fingerprint density at radius 3 is 2.15 bits per heavy atom. The van der Waals surface area contributed by atoms with E-state index in [1.54, 1.807) is 0 Å². The molecule has 13 heavy (non-hydrogen) atoms. The van der Waals surface area contributed by atoms with E-state index in [9.17, 15) is 4.79 Å². The first-order valence-corrected chi connectivity index (χ1v) is 5.10. The predicted molar refractivity (Wildman–Crippen MR) is 55.1 cm³/mol. The van der Waals surface area contributed by atoms with Gasteiger partial charge in [-0.2, -0.15) is 0 Å². The third-order valence-corrected chi connectivity index (χ3v) is 2.44. The topological polar surface area (TPSA) is 37.3 Å². The van der Waals surface area contributed by atoms with Gasteiger partial charge in [0.15, 0.2) is 0 Å². The highest BCUT2D eigenvalue weighted by molar-refractivity contribution is 6.19. The van der Waals surface area contributed by atoms with Crippen molar-refractivity contribution in [1.29, 1.82) is 0 Å². The number of hydrogen-bond donors (Lipinski definition) is 1. The van der Waals surface area contributed by atoms with Crippen molar-refractivity contribution < 1.29 is 9.90 Å². The fourth-order valence-electron chi connectivity index (χ4n) is 1.57. The Kier molecular flexibility index (Phi) is 4.76. The maximum absolute atomic E-state index is 10.8. The van der Waals surface area contributed by atoms with E-state index in [0.29, 0.717) is 0 Å². The minimum Gasteiger partial charge on any atom is -0.481 e. The number of halogens is 1. The van der Waals surface area contributed by atoms with Gasteiger partial charge in [0.2, 0.25) is 0 Å². The third-order valence-electron chi connectivity index (χ3n) is 2.10. The molecule has 0 aromatic heterocycles. The molecule has 0 aromatic rings. The second-order valence-electron chi connectivity index (χ2n) is 4.84. The molecule has 0 aliphatic rings. The van der Waals surface area contributed by atoms with E-state index in [1.807, 2.05) is 6.92 Å². The molecule has 0 heterocycles. The number of carboxylic acids is 1. The Bertz CT molecular complexity index is 172. The van der Waals surface area contributed by atoms with Crippen molar-refractivity contribution in [2.24, 2.45) is 17.3 Å². The van der Waals surface area contributed by atoms with Gasteiger partial charge in [-0.25, -0.2) is 0 Å². The molecule has 0 radical (unpaired) electrons. The van der Waals surface area contributed by atoms with E-state index in [-0.39, 0.29) is 17.2 Å². The van der Waals surface area contributed by atoms with Gasteiger partial charge in [0.1, 0.15) is 0 Å². The highest BCUT2D eigenvalue weighted by atomic mass is 35.5. The van der Waals surface area contributed by atoms with E-state index in [4.69, 9.17) is 16.7 Å². The smallest absolute Gasteiger partial charge is 0.307 e. The number of rotatable bonds is 4. The predicted octanol–water partition coefficient (Wildman–Crippen LogP) is 3.00. The van der Waals surface area contributed by atoms with E-state index in [1.165, 1.54) is 0 Å². The van der Waals surface area contributed by atoms with Gasteiger partial charge in [-0.15, -0.1) is 11.6 Å². The molecule has 0 aliphatic carbocycles. The molecule has 2 unspecified atom stereocenters. The molecule has 0 aromatic carbocycles. The zero-order valence-electron chi connectivity index (χ0n) is 8.80. The summed E-state index contributed by atoms with van der Waals surface area (Å²) in [5.74, 6) is -0.866. The lowest BCUT2D eigenvalue weighted by molar-refractivity contribution is -0.142. The number of alkyl halides is 1. The van der Waals surface area contributed by atoms with Gasteiger partial charge in [-0.3, -0.25) is 4.79 Å². The summed E-state index contributed by atoms with van der Waals surface area (Å²) in [6.45, 7) is 8.27. The maximum atomic E-state index is 10.8. The fourth-order valence-corrected chi connectivity index (χ4v) is 2.01. The minimum absolute atomic E-state index is 0.134. The molecule has 0 saturated carbocycles. The van der Waals surface area contributed by atoms with Gasteiger partial charge in [-0.1, -0.05) is 27.7 Å². The van der Waals surface area contributed by atoms with Crippen molar-refractivity contribution in [3.05, 3.63) is 0 Å². The van der Waals surface area contributed by atoms with Crippen LogP contribution < -0.4 is 0 Å². The van der Waals surface area contributed by atoms with Crippen LogP contribution in [-0.4, -0.2) is 17.0 Å². The SMILES string of the molecule is CC(CC(C)(C)C)C(CCl)C(=O)O. The summed E-state index contributed by atoms with van der Waals surface area (Å²) in [6.07, 6.45) is 0.886. The van der Waals surface area contributed by atoms with Crippen LogP contribution in [0.25, 0.3) is 0 Å². The zero-order valence-corrected chi connectivity index (χ0v) is 9.56. The van der Waals surface area contributed by atoms with Crippen molar-refractivity contribution in [2.75, 3.05) is 5.88 Å². The summed E-state index contributed by atoms with van der Waals surface area (Å²) in [5, 5.41) is 8.86. The number of carboxylic acid groups (broad SMARTS) is 1. The van der Waals surface area contributed by atoms with Gasteiger partial charge < -0.3 is 5.11 Å². The molecule has 0 saturated heterocycles. The van der Waals surface area contributed by atoms with E-state index in [0.717, 1.165) is 6.42 Å². The Hall–Kier alpha value is -0.240. The number of aliphatic carboxylic acids is 1. The lowest BCUT2D eigenvalue weighted by Gasteiger charge is -2.26. The second-order valence-corrected chi connectivity index (χ2v) is 5.15. The summed E-state index contributed by atoms with van der Waals surface area (Å²) < 4.78 is 0. The Balaban J connectivity index is 4.22. The molecular weight excluding hydrogens is 188 g/mol. The van der Waals surface area contributed by atoms with Crippen LogP contribution in [0.2, 0.25) is 0 Å². The molecule has 0 amide bonds. The Morgan fingerprint density at radius 1 is 1.46 bits per heavy atom. The van der Waals surface area contributed by atoms with Gasteiger partial charge in [-0.05, 0) is 17.8 Å². The number of carbonyl (C=O) groups is 1. The van der Waals surface area contributed by atoms with Crippen LogP contribution in [0.1, 0.15) is 34.1 Å². The van der Waals surface area contributed by atoms with E-state index < -0.39 is 11.9 Å². The molecule has 0 spiro atoms. The van der Waals surface area contributed by atoms with Crippen LogP contribution in [0.15, 0.2) is 0 Å². The average molecular weight is 207 g/mol. The van der Waals surface area contributed by atoms with E-state index >= 15 is 0 Å². The second kappa shape index (κ2) is 4.85. The highest BCUT2D eigenvalue weighted by Gasteiger charge is 2.27. The Labute approximate surface area is 85.3 Å². The van der Waals surface area contributed by atoms with Gasteiger partial charge >= 0.3 is 5.97 Å². The van der Waals surface area contributed by atoms with Gasteiger partial charge in [0, 0.05) is 5.88 Å². The van der Waals surface area contributed by atoms with Crippen molar-refractivity contribution in [3.8, 4) is 0 Å². The van der Waals surface area contributed by atoms with Crippen molar-refractivity contribution in [2.45, 2.75) is 34.1 Å². The van der Waals surface area contributed by atoms with E-state index in [2.05, 4.69) is 20.8 Å². The molecule has 0 aliphatic heterocycles. The van der Waals surface area contributed by atoms with Crippen LogP contribution in [-0.2, 0) is 4.79 Å². The van der Waals surface area contributed by atoms with Gasteiger partial charge in [0.25, 0.3) is 0 Å². The first-order chi connectivity index (χ1) is 5.78. The lowest BCUT2D eigenvalue weighted by atomic mass is 9.80. The van der Waals surface area contributed by atoms with Crippen molar-refractivity contribution in [3.63, 3.8) is 0 Å². The first-order valence-electron chi connectivity index (χ1n) is 4.56. The summed E-state index contributed by atoms with van der Waals surface area (Å²) in [5.41, 5.74) is 0.166. The van der Waals surface area contributed by atoms with Gasteiger partial charge in [0.05, 0.1) is 5.92 Å². The lowest BCUT2D eigenvalue weighted by Crippen LogP contribution is -2.26. The molecule has 0 bridgehead atoms. The molecule has 2 atom stereocenters. The van der Waals surface area contributed by atoms with Crippen molar-refractivity contribution >= 4 is 17.6 Å². The largest absolute Gasteiger partial charge is 0.481 e. The van der Waals surface area contributed by atoms with Crippen LogP contribution in [0.3, 0.4) is 0 Å². The van der Waals surface area contributed by atoms with Crippen LogP contribution in [0, 0.1) is 17.3 Å². The molecule has 1 N–H and O–H groups in total. The van der Waals surface area contributed by atoms with Crippen LogP contribution in [0.4, 0.5) is 0 Å². The zero-order chi connectivity index (χ0) is 10.6.